The largest absolute Gasteiger partial charge is 0.351 e. The van der Waals surface area contributed by atoms with Crippen molar-refractivity contribution in [2.75, 3.05) is 4.72 Å². The third kappa shape index (κ3) is 4.07. The van der Waals surface area contributed by atoms with Gasteiger partial charge in [-0.1, -0.05) is 0 Å². The molecule has 0 aliphatic carbocycles. The van der Waals surface area contributed by atoms with E-state index in [1.165, 1.54) is 37.3 Å². The molecular formula is C14H13N3O3S2. The van der Waals surface area contributed by atoms with Crippen LogP contribution in [0.15, 0.2) is 40.6 Å². The number of carbonyl (C=O) groups excluding carboxylic acids is 1. The lowest BCUT2D eigenvalue weighted by atomic mass is 10.2. The van der Waals surface area contributed by atoms with Crippen LogP contribution in [0, 0.1) is 11.3 Å². The molecule has 2 aromatic rings. The maximum atomic E-state index is 12.3. The number of hydrogen-bond donors (Lipinski definition) is 2. The summed E-state index contributed by atoms with van der Waals surface area (Å²) in [5.41, 5.74) is 0.840. The summed E-state index contributed by atoms with van der Waals surface area (Å²) in [6.45, 7) is 1.70. The van der Waals surface area contributed by atoms with Crippen molar-refractivity contribution in [2.24, 2.45) is 0 Å². The molecule has 1 amide bonds. The van der Waals surface area contributed by atoms with Crippen molar-refractivity contribution in [1.82, 2.24) is 5.32 Å². The third-order valence-electron chi connectivity index (χ3n) is 2.68. The predicted octanol–water partition coefficient (Wildman–Crippen LogP) is 2.06. The topological polar surface area (TPSA) is 99.1 Å². The average molecular weight is 335 g/mol. The van der Waals surface area contributed by atoms with Gasteiger partial charge in [-0.25, -0.2) is 8.42 Å². The highest BCUT2D eigenvalue weighted by Gasteiger charge is 2.17. The lowest BCUT2D eigenvalue weighted by molar-refractivity contribution is -0.119. The Labute approximate surface area is 132 Å². The Kier molecular flexibility index (Phi) is 4.80. The van der Waals surface area contributed by atoms with E-state index in [0.29, 0.717) is 17.8 Å². The zero-order valence-electron chi connectivity index (χ0n) is 11.7. The molecule has 22 heavy (non-hydrogen) atoms. The zero-order valence-corrected chi connectivity index (χ0v) is 13.3. The Morgan fingerprint density at radius 3 is 2.50 bits per heavy atom. The summed E-state index contributed by atoms with van der Waals surface area (Å²) in [7, 11) is -3.68. The van der Waals surface area contributed by atoms with Crippen molar-refractivity contribution in [3.05, 3.63) is 46.8 Å². The molecule has 0 spiro atoms. The van der Waals surface area contributed by atoms with E-state index in [9.17, 15) is 13.2 Å². The lowest BCUT2D eigenvalue weighted by Crippen LogP contribution is -2.18. The normalized spacial score (nSPS) is 10.7. The Hall–Kier alpha value is -2.37. The van der Waals surface area contributed by atoms with Gasteiger partial charge >= 0.3 is 0 Å². The Bertz CT molecular complexity index is 818. The fourth-order valence-electron chi connectivity index (χ4n) is 1.63. The van der Waals surface area contributed by atoms with Gasteiger partial charge in [0, 0.05) is 17.5 Å². The number of sulfonamides is 1. The number of amides is 1. The van der Waals surface area contributed by atoms with Crippen LogP contribution in [0.1, 0.15) is 17.4 Å². The van der Waals surface area contributed by atoms with Crippen LogP contribution in [0.2, 0.25) is 0 Å². The molecule has 0 saturated heterocycles. The molecule has 6 nitrogen and oxygen atoms in total. The highest BCUT2D eigenvalue weighted by Crippen LogP contribution is 2.24. The Balaban J connectivity index is 2.12. The van der Waals surface area contributed by atoms with Crippen molar-refractivity contribution >= 4 is 33.0 Å². The summed E-state index contributed by atoms with van der Waals surface area (Å²) in [5.74, 6) is -0.173. The molecule has 0 saturated carbocycles. The van der Waals surface area contributed by atoms with E-state index in [4.69, 9.17) is 5.26 Å². The van der Waals surface area contributed by atoms with Gasteiger partial charge in [0.1, 0.15) is 4.21 Å². The van der Waals surface area contributed by atoms with Crippen LogP contribution in [0.4, 0.5) is 5.69 Å². The Morgan fingerprint density at radius 1 is 1.23 bits per heavy atom. The van der Waals surface area contributed by atoms with Crippen LogP contribution in [0.3, 0.4) is 0 Å². The van der Waals surface area contributed by atoms with Gasteiger partial charge in [-0.15, -0.1) is 11.3 Å². The smallest absolute Gasteiger partial charge is 0.271 e. The first-order chi connectivity index (χ1) is 10.4. The van der Waals surface area contributed by atoms with E-state index in [0.717, 1.165) is 16.2 Å². The molecule has 2 rings (SSSR count). The van der Waals surface area contributed by atoms with Gasteiger partial charge < -0.3 is 5.32 Å². The molecule has 0 aliphatic heterocycles. The molecule has 0 fully saturated rings. The maximum Gasteiger partial charge on any atom is 0.271 e. The number of nitriles is 1. The van der Waals surface area contributed by atoms with E-state index in [-0.39, 0.29) is 10.1 Å². The van der Waals surface area contributed by atoms with Gasteiger partial charge in [0.2, 0.25) is 5.91 Å². The van der Waals surface area contributed by atoms with Crippen molar-refractivity contribution in [1.29, 1.82) is 5.26 Å². The van der Waals surface area contributed by atoms with Crippen molar-refractivity contribution in [3.8, 4) is 6.07 Å². The molecule has 0 bridgehead atoms. The maximum absolute atomic E-state index is 12.3. The molecule has 114 valence electrons. The minimum absolute atomic E-state index is 0.164. The molecule has 0 atom stereocenters. The summed E-state index contributed by atoms with van der Waals surface area (Å²) in [4.78, 5) is 11.6. The van der Waals surface area contributed by atoms with E-state index < -0.39 is 10.0 Å². The van der Waals surface area contributed by atoms with Crippen molar-refractivity contribution < 1.29 is 13.2 Å². The predicted molar refractivity (Wildman–Crippen MR) is 83.8 cm³/mol. The molecule has 0 aliphatic rings. The molecular weight excluding hydrogens is 322 g/mol. The van der Waals surface area contributed by atoms with E-state index >= 15 is 0 Å². The highest BCUT2D eigenvalue weighted by atomic mass is 32.2. The van der Waals surface area contributed by atoms with Crippen molar-refractivity contribution in [3.63, 3.8) is 0 Å². The first-order valence-corrected chi connectivity index (χ1v) is 8.57. The van der Waals surface area contributed by atoms with Crippen LogP contribution < -0.4 is 10.0 Å². The van der Waals surface area contributed by atoms with Crippen molar-refractivity contribution in [2.45, 2.75) is 17.7 Å². The minimum Gasteiger partial charge on any atom is -0.351 e. The summed E-state index contributed by atoms with van der Waals surface area (Å²) in [6.07, 6.45) is 0. The first kappa shape index (κ1) is 16.0. The summed E-state index contributed by atoms with van der Waals surface area (Å²) in [6, 6.07) is 11.3. The van der Waals surface area contributed by atoms with E-state index in [2.05, 4.69) is 10.0 Å². The number of carbonyl (C=O) groups is 1. The Morgan fingerprint density at radius 2 is 1.91 bits per heavy atom. The second kappa shape index (κ2) is 6.60. The number of rotatable bonds is 5. The quantitative estimate of drug-likeness (QED) is 0.873. The number of thiophene rings is 1. The summed E-state index contributed by atoms with van der Waals surface area (Å²) in [5, 5.41) is 11.3. The van der Waals surface area contributed by atoms with E-state index in [1.54, 1.807) is 6.07 Å². The molecule has 1 heterocycles. The second-order valence-electron chi connectivity index (χ2n) is 4.43. The minimum atomic E-state index is -3.68. The van der Waals surface area contributed by atoms with Gasteiger partial charge in [-0.2, -0.15) is 5.26 Å². The van der Waals surface area contributed by atoms with Gasteiger partial charge in [0.15, 0.2) is 0 Å². The van der Waals surface area contributed by atoms with Crippen LogP contribution in [0.25, 0.3) is 0 Å². The number of anilines is 1. The van der Waals surface area contributed by atoms with Crippen LogP contribution >= 0.6 is 11.3 Å². The zero-order chi connectivity index (χ0) is 16.2. The fraction of sp³-hybridized carbons (Fsp3) is 0.143. The first-order valence-electron chi connectivity index (χ1n) is 6.27. The molecule has 8 heteroatoms. The van der Waals surface area contributed by atoms with Gasteiger partial charge in [-0.3, -0.25) is 9.52 Å². The van der Waals surface area contributed by atoms with Crippen LogP contribution in [-0.4, -0.2) is 14.3 Å². The fourth-order valence-corrected chi connectivity index (χ4v) is 3.98. The van der Waals surface area contributed by atoms with Crippen LogP contribution in [-0.2, 0) is 21.4 Å². The number of nitrogens with zero attached hydrogens (tertiary/aromatic N) is 1. The van der Waals surface area contributed by atoms with E-state index in [1.807, 2.05) is 6.07 Å². The van der Waals surface area contributed by atoms with Crippen LogP contribution in [0.5, 0.6) is 0 Å². The monoisotopic (exact) mass is 335 g/mol. The molecule has 0 radical (unpaired) electrons. The standard InChI is InChI=1S/C14H13N3O3S2/c1-10(18)16-9-13-6-7-14(21-13)22(19,20)17-12-4-2-11(8-15)3-5-12/h2-7,17H,9H2,1H3,(H,16,18). The number of nitrogens with one attached hydrogen (secondary N) is 2. The van der Waals surface area contributed by atoms with Gasteiger partial charge in [0.05, 0.1) is 18.2 Å². The number of benzene rings is 1. The summed E-state index contributed by atoms with van der Waals surface area (Å²) >= 11 is 1.09. The van der Waals surface area contributed by atoms with Gasteiger partial charge in [0.25, 0.3) is 10.0 Å². The molecule has 1 aromatic heterocycles. The third-order valence-corrected chi connectivity index (χ3v) is 5.64. The van der Waals surface area contributed by atoms with Gasteiger partial charge in [-0.05, 0) is 36.4 Å². The average Bonchev–Trinajstić information content (AvgIpc) is 2.95. The molecule has 1 aromatic carbocycles. The second-order valence-corrected chi connectivity index (χ2v) is 7.50. The number of hydrogen-bond acceptors (Lipinski definition) is 5. The SMILES string of the molecule is CC(=O)NCc1ccc(S(=O)(=O)Nc2ccc(C#N)cc2)s1. The highest BCUT2D eigenvalue weighted by molar-refractivity contribution is 7.94. The summed E-state index contributed by atoms with van der Waals surface area (Å²) < 4.78 is 27.1. The molecule has 2 N–H and O–H groups in total. The lowest BCUT2D eigenvalue weighted by Gasteiger charge is -2.06. The molecule has 0 unspecified atom stereocenters.